The number of fused-ring (bicyclic) bond motifs is 1. The van der Waals surface area contributed by atoms with Crippen LogP contribution in [0.5, 0.6) is 0 Å². The van der Waals surface area contributed by atoms with Crippen molar-refractivity contribution in [3.8, 4) is 16.9 Å². The first-order valence-electron chi connectivity index (χ1n) is 8.10. The summed E-state index contributed by atoms with van der Waals surface area (Å²) < 4.78 is 4.20. The highest BCUT2D eigenvalue weighted by Gasteiger charge is 2.22. The van der Waals surface area contributed by atoms with E-state index in [1.165, 1.54) is 18.4 Å². The molecule has 0 saturated heterocycles. The molecule has 122 valence electrons. The molecule has 0 atom stereocenters. The molecule has 0 saturated carbocycles. The third-order valence-corrected chi connectivity index (χ3v) is 5.55. The highest BCUT2D eigenvalue weighted by atomic mass is 79.9. The van der Waals surface area contributed by atoms with Gasteiger partial charge in [0.2, 0.25) is 0 Å². The van der Waals surface area contributed by atoms with Gasteiger partial charge in [0.25, 0.3) is 0 Å². The maximum atomic E-state index is 4.97. The Labute approximate surface area is 158 Å². The Morgan fingerprint density at radius 3 is 2.54 bits per heavy atom. The smallest absolute Gasteiger partial charge is 0.133 e. The summed E-state index contributed by atoms with van der Waals surface area (Å²) in [4.78, 5) is 0. The fraction of sp³-hybridized carbons (Fsp3) is 0.211. The summed E-state index contributed by atoms with van der Waals surface area (Å²) in [6, 6.07) is 16.6. The number of nitrogens with zero attached hydrogens (tertiary/aromatic N) is 2. The molecule has 0 amide bonds. The predicted octanol–water partition coefficient (Wildman–Crippen LogP) is 5.81. The van der Waals surface area contributed by atoms with Crippen LogP contribution in [0.3, 0.4) is 0 Å². The van der Waals surface area contributed by atoms with Crippen molar-refractivity contribution in [1.82, 2.24) is 9.78 Å². The number of halogens is 2. The first-order valence-corrected chi connectivity index (χ1v) is 9.69. The summed E-state index contributed by atoms with van der Waals surface area (Å²) in [6.45, 7) is 0.991. The lowest BCUT2D eigenvalue weighted by molar-refractivity contribution is 0.780. The summed E-state index contributed by atoms with van der Waals surface area (Å²) in [5, 5.41) is 8.56. The maximum absolute atomic E-state index is 4.97. The molecule has 0 fully saturated rings. The summed E-state index contributed by atoms with van der Waals surface area (Å²) in [5.41, 5.74) is 4.59. The van der Waals surface area contributed by atoms with Crippen molar-refractivity contribution in [2.75, 3.05) is 11.9 Å². The molecule has 0 spiro atoms. The van der Waals surface area contributed by atoms with Gasteiger partial charge in [0, 0.05) is 26.6 Å². The minimum atomic E-state index is 0.991. The zero-order valence-electron chi connectivity index (χ0n) is 13.1. The first-order chi connectivity index (χ1) is 11.7. The van der Waals surface area contributed by atoms with E-state index in [4.69, 9.17) is 5.10 Å². The van der Waals surface area contributed by atoms with E-state index in [1.54, 1.807) is 0 Å². The Balaban J connectivity index is 1.92. The lowest BCUT2D eigenvalue weighted by atomic mass is 10.0. The molecule has 3 aromatic rings. The van der Waals surface area contributed by atoms with Gasteiger partial charge in [0.1, 0.15) is 5.82 Å². The second-order valence-electron chi connectivity index (χ2n) is 5.93. The number of aromatic nitrogens is 2. The van der Waals surface area contributed by atoms with Crippen LogP contribution in [0, 0.1) is 0 Å². The van der Waals surface area contributed by atoms with Gasteiger partial charge in [-0.3, -0.25) is 0 Å². The second-order valence-corrected chi connectivity index (χ2v) is 7.70. The highest BCUT2D eigenvalue weighted by molar-refractivity contribution is 9.10. The van der Waals surface area contributed by atoms with Gasteiger partial charge in [0.15, 0.2) is 0 Å². The molecule has 24 heavy (non-hydrogen) atoms. The van der Waals surface area contributed by atoms with Gasteiger partial charge >= 0.3 is 0 Å². The Bertz CT molecular complexity index is 869. The van der Waals surface area contributed by atoms with Crippen LogP contribution in [0.15, 0.2) is 57.5 Å². The van der Waals surface area contributed by atoms with Crippen molar-refractivity contribution in [2.45, 2.75) is 19.3 Å². The molecule has 1 N–H and O–H groups in total. The molecular formula is C19H17Br2N3. The van der Waals surface area contributed by atoms with Crippen LogP contribution in [0.25, 0.3) is 16.9 Å². The number of benzene rings is 2. The van der Waals surface area contributed by atoms with Crippen LogP contribution < -0.4 is 5.32 Å². The summed E-state index contributed by atoms with van der Waals surface area (Å²) >= 11 is 7.18. The molecule has 4 rings (SSSR count). The molecule has 0 unspecified atom stereocenters. The molecule has 1 aliphatic heterocycles. The number of hydrogen-bond acceptors (Lipinski definition) is 2. The van der Waals surface area contributed by atoms with E-state index in [0.717, 1.165) is 44.7 Å². The average molecular weight is 447 g/mol. The Morgan fingerprint density at radius 2 is 1.75 bits per heavy atom. The van der Waals surface area contributed by atoms with E-state index < -0.39 is 0 Å². The largest absolute Gasteiger partial charge is 0.370 e. The van der Waals surface area contributed by atoms with Gasteiger partial charge in [0.05, 0.1) is 11.4 Å². The lowest BCUT2D eigenvalue weighted by Crippen LogP contribution is -2.07. The van der Waals surface area contributed by atoms with E-state index in [2.05, 4.69) is 79.6 Å². The van der Waals surface area contributed by atoms with Gasteiger partial charge in [-0.15, -0.1) is 0 Å². The maximum Gasteiger partial charge on any atom is 0.133 e. The molecule has 0 bridgehead atoms. The van der Waals surface area contributed by atoms with Gasteiger partial charge < -0.3 is 5.32 Å². The zero-order chi connectivity index (χ0) is 16.5. The van der Waals surface area contributed by atoms with Gasteiger partial charge in [-0.2, -0.15) is 5.10 Å². The van der Waals surface area contributed by atoms with Gasteiger partial charge in [-0.1, -0.05) is 50.1 Å². The summed E-state index contributed by atoms with van der Waals surface area (Å²) in [6.07, 6.45) is 3.42. The molecule has 5 heteroatoms. The lowest BCUT2D eigenvalue weighted by Gasteiger charge is -2.09. The number of hydrogen-bond donors (Lipinski definition) is 1. The van der Waals surface area contributed by atoms with Crippen LogP contribution in [0.2, 0.25) is 0 Å². The van der Waals surface area contributed by atoms with Crippen LogP contribution in [-0.2, 0) is 6.42 Å². The second kappa shape index (κ2) is 6.73. The van der Waals surface area contributed by atoms with E-state index in [1.807, 2.05) is 10.7 Å². The number of nitrogens with one attached hydrogen (secondary N) is 1. The monoisotopic (exact) mass is 445 g/mol. The van der Waals surface area contributed by atoms with Crippen LogP contribution >= 0.6 is 31.9 Å². The third-order valence-electron chi connectivity index (χ3n) is 4.33. The van der Waals surface area contributed by atoms with Crippen LogP contribution in [0.4, 0.5) is 5.82 Å². The molecule has 3 nitrogen and oxygen atoms in total. The molecule has 0 radical (unpaired) electrons. The zero-order valence-corrected chi connectivity index (χ0v) is 16.3. The summed E-state index contributed by atoms with van der Waals surface area (Å²) in [7, 11) is 0. The van der Waals surface area contributed by atoms with Crippen molar-refractivity contribution in [2.24, 2.45) is 0 Å². The quantitative estimate of drug-likeness (QED) is 0.538. The minimum absolute atomic E-state index is 0.991. The van der Waals surface area contributed by atoms with Crippen LogP contribution in [0.1, 0.15) is 18.4 Å². The molecule has 0 aliphatic carbocycles. The Kier molecular flexibility index (Phi) is 4.46. The normalized spacial score (nSPS) is 13.9. The molecular weight excluding hydrogens is 430 g/mol. The van der Waals surface area contributed by atoms with Gasteiger partial charge in [-0.25, -0.2) is 4.68 Å². The fourth-order valence-electron chi connectivity index (χ4n) is 3.14. The highest BCUT2D eigenvalue weighted by Crippen LogP contribution is 2.37. The van der Waals surface area contributed by atoms with Crippen LogP contribution in [-0.4, -0.2) is 16.3 Å². The van der Waals surface area contributed by atoms with Crippen molar-refractivity contribution in [1.29, 1.82) is 0 Å². The Morgan fingerprint density at radius 1 is 0.958 bits per heavy atom. The molecule has 1 aliphatic rings. The molecule has 2 aromatic carbocycles. The van der Waals surface area contributed by atoms with Crippen molar-refractivity contribution >= 4 is 37.7 Å². The standard InChI is InChI=1S/C19H17Br2N3/c20-13-8-10-14(11-9-13)24-19-16(6-3-4-12-22-19)18(23-24)15-5-1-2-7-17(15)21/h1-2,5,7-11,22H,3-4,6,12H2. The average Bonchev–Trinajstić information content (AvgIpc) is 2.78. The van der Waals surface area contributed by atoms with E-state index in [-0.39, 0.29) is 0 Å². The molecule has 1 aromatic heterocycles. The topological polar surface area (TPSA) is 29.9 Å². The minimum Gasteiger partial charge on any atom is -0.370 e. The van der Waals surface area contributed by atoms with Crippen molar-refractivity contribution in [3.05, 3.63) is 63.0 Å². The predicted molar refractivity (Wildman–Crippen MR) is 106 cm³/mol. The van der Waals surface area contributed by atoms with Crippen molar-refractivity contribution in [3.63, 3.8) is 0 Å². The number of anilines is 1. The van der Waals surface area contributed by atoms with Crippen molar-refractivity contribution < 1.29 is 0 Å². The molecule has 2 heterocycles. The number of rotatable bonds is 2. The van der Waals surface area contributed by atoms with Gasteiger partial charge in [-0.05, 0) is 49.6 Å². The third kappa shape index (κ3) is 2.91. The van der Waals surface area contributed by atoms with E-state index in [9.17, 15) is 0 Å². The van der Waals surface area contributed by atoms with E-state index >= 15 is 0 Å². The van der Waals surface area contributed by atoms with E-state index in [0.29, 0.717) is 0 Å². The Hall–Kier alpha value is -1.59. The SMILES string of the molecule is Brc1ccc(-n2nc(-c3ccccc3Br)c3c2NCCCC3)cc1. The fourth-order valence-corrected chi connectivity index (χ4v) is 3.88. The summed E-state index contributed by atoms with van der Waals surface area (Å²) in [5.74, 6) is 1.13. The first kappa shape index (κ1) is 15.9.